The summed E-state index contributed by atoms with van der Waals surface area (Å²) >= 11 is 0. The average molecular weight is 266 g/mol. The van der Waals surface area contributed by atoms with Gasteiger partial charge in [-0.3, -0.25) is 9.59 Å². The van der Waals surface area contributed by atoms with E-state index in [1.807, 2.05) is 0 Å². The minimum atomic E-state index is -0.968. The van der Waals surface area contributed by atoms with Crippen LogP contribution in [0.4, 0.5) is 20.2 Å². The van der Waals surface area contributed by atoms with Gasteiger partial charge in [0.25, 0.3) is 11.5 Å². The first kappa shape index (κ1) is 12.7. The zero-order valence-electron chi connectivity index (χ0n) is 9.41. The second-order valence-corrected chi connectivity index (χ2v) is 3.61. The van der Waals surface area contributed by atoms with Crippen LogP contribution in [-0.2, 0) is 0 Å². The summed E-state index contributed by atoms with van der Waals surface area (Å²) in [5, 5.41) is 7.69. The van der Waals surface area contributed by atoms with Crippen molar-refractivity contribution < 1.29 is 13.6 Å². The summed E-state index contributed by atoms with van der Waals surface area (Å²) in [6.07, 6.45) is 0. The molecule has 98 valence electrons. The van der Waals surface area contributed by atoms with E-state index in [4.69, 9.17) is 5.73 Å². The minimum absolute atomic E-state index is 0.123. The smallest absolute Gasteiger partial charge is 0.276 e. The van der Waals surface area contributed by atoms with E-state index >= 15 is 0 Å². The molecule has 19 heavy (non-hydrogen) atoms. The number of anilines is 2. The van der Waals surface area contributed by atoms with Crippen LogP contribution in [0, 0.1) is 11.6 Å². The Morgan fingerprint density at radius 2 is 2.00 bits per heavy atom. The highest BCUT2D eigenvalue weighted by molar-refractivity contribution is 6.02. The Labute approximate surface area is 105 Å². The van der Waals surface area contributed by atoms with E-state index in [9.17, 15) is 18.4 Å². The van der Waals surface area contributed by atoms with Crippen molar-refractivity contribution in [2.75, 3.05) is 11.1 Å². The predicted octanol–water partition coefficient (Wildman–Crippen LogP) is 0.883. The molecule has 0 fully saturated rings. The molecule has 0 saturated heterocycles. The molecule has 0 spiro atoms. The number of benzene rings is 1. The molecule has 1 amide bonds. The Hall–Kier alpha value is -2.77. The van der Waals surface area contributed by atoms with Gasteiger partial charge in [-0.15, -0.1) is 0 Å². The molecule has 2 rings (SSSR count). The summed E-state index contributed by atoms with van der Waals surface area (Å²) in [6.45, 7) is 0. The van der Waals surface area contributed by atoms with Gasteiger partial charge in [-0.25, -0.2) is 13.9 Å². The van der Waals surface area contributed by atoms with E-state index in [-0.39, 0.29) is 17.1 Å². The molecule has 0 atom stereocenters. The largest absolute Gasteiger partial charge is 0.396 e. The molecule has 0 aliphatic heterocycles. The first-order valence-electron chi connectivity index (χ1n) is 5.09. The van der Waals surface area contributed by atoms with Gasteiger partial charge >= 0.3 is 0 Å². The molecule has 1 aromatic carbocycles. The Balaban J connectivity index is 2.26. The van der Waals surface area contributed by atoms with Crippen molar-refractivity contribution in [3.8, 4) is 0 Å². The zero-order valence-corrected chi connectivity index (χ0v) is 9.41. The number of nitrogens with one attached hydrogen (secondary N) is 2. The van der Waals surface area contributed by atoms with Crippen LogP contribution in [0.3, 0.4) is 0 Å². The van der Waals surface area contributed by atoms with Crippen LogP contribution < -0.4 is 16.6 Å². The number of hydrogen-bond acceptors (Lipinski definition) is 4. The number of hydrogen-bond donors (Lipinski definition) is 3. The van der Waals surface area contributed by atoms with Crippen molar-refractivity contribution in [3.05, 3.63) is 51.9 Å². The van der Waals surface area contributed by atoms with Gasteiger partial charge in [0.15, 0.2) is 0 Å². The van der Waals surface area contributed by atoms with Crippen molar-refractivity contribution in [2.24, 2.45) is 0 Å². The monoisotopic (exact) mass is 266 g/mol. The number of nitrogens with zero attached hydrogens (tertiary/aromatic N) is 1. The molecule has 1 aromatic heterocycles. The van der Waals surface area contributed by atoms with Crippen LogP contribution >= 0.6 is 0 Å². The number of nitrogens with two attached hydrogens (primary N) is 1. The number of aromatic amines is 1. The zero-order chi connectivity index (χ0) is 14.0. The minimum Gasteiger partial charge on any atom is -0.396 e. The van der Waals surface area contributed by atoms with E-state index in [0.717, 1.165) is 12.1 Å². The summed E-state index contributed by atoms with van der Waals surface area (Å²) in [6, 6.07) is 3.77. The molecule has 4 N–H and O–H groups in total. The van der Waals surface area contributed by atoms with E-state index in [0.29, 0.717) is 6.07 Å². The maximum Gasteiger partial charge on any atom is 0.276 e. The van der Waals surface area contributed by atoms with E-state index in [2.05, 4.69) is 15.5 Å². The molecule has 8 heteroatoms. The van der Waals surface area contributed by atoms with Gasteiger partial charge < -0.3 is 11.1 Å². The van der Waals surface area contributed by atoms with Gasteiger partial charge in [0.2, 0.25) is 0 Å². The molecule has 0 bridgehead atoms. The van der Waals surface area contributed by atoms with Crippen molar-refractivity contribution in [1.82, 2.24) is 10.2 Å². The lowest BCUT2D eigenvalue weighted by Crippen LogP contribution is -2.18. The molecule has 0 radical (unpaired) electrons. The lowest BCUT2D eigenvalue weighted by molar-refractivity contribution is 0.102. The van der Waals surface area contributed by atoms with Gasteiger partial charge in [-0.1, -0.05) is 0 Å². The lowest BCUT2D eigenvalue weighted by atomic mass is 10.2. The lowest BCUT2D eigenvalue weighted by Gasteiger charge is -2.07. The number of aromatic nitrogens is 2. The fraction of sp³-hybridized carbons (Fsp3) is 0. The fourth-order valence-corrected chi connectivity index (χ4v) is 1.32. The first-order chi connectivity index (χ1) is 8.97. The van der Waals surface area contributed by atoms with Crippen LogP contribution in [0.1, 0.15) is 10.5 Å². The molecule has 6 nitrogen and oxygen atoms in total. The molecular weight excluding hydrogens is 258 g/mol. The fourth-order valence-electron chi connectivity index (χ4n) is 1.32. The standard InChI is InChI=1S/C11H8F2N4O2/c12-5-3-6(13)9(4-7(5)14)15-11(19)8-1-2-10(18)17-16-8/h1-4H,14H2,(H,15,19)(H,17,18). The van der Waals surface area contributed by atoms with E-state index in [1.54, 1.807) is 0 Å². The Morgan fingerprint density at radius 3 is 2.63 bits per heavy atom. The van der Waals surface area contributed by atoms with E-state index in [1.165, 1.54) is 6.07 Å². The molecular formula is C11H8F2N4O2. The number of amides is 1. The summed E-state index contributed by atoms with van der Waals surface area (Å²) in [4.78, 5) is 22.4. The Morgan fingerprint density at radius 1 is 1.26 bits per heavy atom. The normalized spacial score (nSPS) is 10.2. The van der Waals surface area contributed by atoms with Gasteiger partial charge in [-0.05, 0) is 12.1 Å². The van der Waals surface area contributed by atoms with E-state index < -0.39 is 23.1 Å². The maximum atomic E-state index is 13.4. The van der Waals surface area contributed by atoms with Crippen molar-refractivity contribution in [1.29, 1.82) is 0 Å². The topological polar surface area (TPSA) is 101 Å². The SMILES string of the molecule is Nc1cc(NC(=O)c2ccc(=O)[nH]n2)c(F)cc1F. The number of nitrogen functional groups attached to an aromatic ring is 1. The molecule has 0 aliphatic rings. The number of carbonyl (C=O) groups is 1. The average Bonchev–Trinajstić information content (AvgIpc) is 2.36. The van der Waals surface area contributed by atoms with Gasteiger partial charge in [0.05, 0.1) is 11.4 Å². The van der Waals surface area contributed by atoms with Crippen LogP contribution in [0.2, 0.25) is 0 Å². The second-order valence-electron chi connectivity index (χ2n) is 3.61. The van der Waals surface area contributed by atoms with Crippen molar-refractivity contribution in [3.63, 3.8) is 0 Å². The highest BCUT2D eigenvalue weighted by Crippen LogP contribution is 2.21. The number of rotatable bonds is 2. The van der Waals surface area contributed by atoms with Crippen LogP contribution in [0.25, 0.3) is 0 Å². The third-order valence-corrected chi connectivity index (χ3v) is 2.25. The highest BCUT2D eigenvalue weighted by Gasteiger charge is 2.13. The van der Waals surface area contributed by atoms with Gasteiger partial charge in [0.1, 0.15) is 17.3 Å². The summed E-state index contributed by atoms with van der Waals surface area (Å²) < 4.78 is 26.3. The Bertz CT molecular complexity index is 679. The second kappa shape index (κ2) is 4.84. The number of halogens is 2. The number of H-pyrrole nitrogens is 1. The van der Waals surface area contributed by atoms with Crippen LogP contribution in [-0.4, -0.2) is 16.1 Å². The molecule has 0 unspecified atom stereocenters. The third-order valence-electron chi connectivity index (χ3n) is 2.25. The van der Waals surface area contributed by atoms with Gasteiger partial charge in [0, 0.05) is 12.1 Å². The summed E-state index contributed by atoms with van der Waals surface area (Å²) in [5.74, 6) is -2.65. The van der Waals surface area contributed by atoms with Gasteiger partial charge in [-0.2, -0.15) is 5.10 Å². The Kier molecular flexibility index (Phi) is 3.23. The molecule has 1 heterocycles. The highest BCUT2D eigenvalue weighted by atomic mass is 19.1. The van der Waals surface area contributed by atoms with Crippen LogP contribution in [0.15, 0.2) is 29.1 Å². The third kappa shape index (κ3) is 2.73. The first-order valence-corrected chi connectivity index (χ1v) is 5.09. The quantitative estimate of drug-likeness (QED) is 0.702. The molecule has 0 aliphatic carbocycles. The molecule has 0 saturated carbocycles. The number of carbonyl (C=O) groups excluding carboxylic acids is 1. The maximum absolute atomic E-state index is 13.4. The predicted molar refractivity (Wildman–Crippen MR) is 63.6 cm³/mol. The summed E-state index contributed by atoms with van der Waals surface area (Å²) in [7, 11) is 0. The van der Waals surface area contributed by atoms with Crippen LogP contribution in [0.5, 0.6) is 0 Å². The van der Waals surface area contributed by atoms with Crippen molar-refractivity contribution in [2.45, 2.75) is 0 Å². The molecule has 2 aromatic rings. The summed E-state index contributed by atoms with van der Waals surface area (Å²) in [5.41, 5.74) is 4.09. The van der Waals surface area contributed by atoms with Crippen molar-refractivity contribution >= 4 is 17.3 Å².